The summed E-state index contributed by atoms with van der Waals surface area (Å²) in [7, 11) is 0. The fraction of sp³-hybridized carbons (Fsp3) is 0.100. The molecule has 1 aliphatic rings. The van der Waals surface area contributed by atoms with Crippen LogP contribution in [0, 0.1) is 0 Å². The first-order valence-electron chi connectivity index (χ1n) is 3.91. The number of halogens is 1. The average molecular weight is 211 g/mol. The van der Waals surface area contributed by atoms with E-state index < -0.39 is 0 Å². The van der Waals surface area contributed by atoms with Crippen molar-refractivity contribution in [3.63, 3.8) is 0 Å². The predicted molar refractivity (Wildman–Crippen MR) is 57.6 cm³/mol. The third kappa shape index (κ3) is 1.36. The van der Waals surface area contributed by atoms with Crippen LogP contribution in [0.5, 0.6) is 0 Å². The lowest BCUT2D eigenvalue weighted by atomic mass is 9.95. The molecule has 1 N–H and O–H groups in total. The van der Waals surface area contributed by atoms with Crippen LogP contribution in [-0.2, 0) is 6.42 Å². The van der Waals surface area contributed by atoms with Gasteiger partial charge in [-0.2, -0.15) is 0 Å². The Morgan fingerprint density at radius 3 is 2.92 bits per heavy atom. The van der Waals surface area contributed by atoms with E-state index in [1.807, 2.05) is 12.1 Å². The Kier molecular flexibility index (Phi) is 2.10. The Morgan fingerprint density at radius 1 is 1.38 bits per heavy atom. The minimum absolute atomic E-state index is 0.163. The molecule has 0 amide bonds. The van der Waals surface area contributed by atoms with Gasteiger partial charge >= 0.3 is 0 Å². The van der Waals surface area contributed by atoms with Gasteiger partial charge in [0.15, 0.2) is 0 Å². The zero-order valence-corrected chi connectivity index (χ0v) is 8.32. The fourth-order valence-electron chi connectivity index (χ4n) is 1.42. The van der Waals surface area contributed by atoms with Crippen LogP contribution in [0.4, 0.5) is 0 Å². The van der Waals surface area contributed by atoms with Gasteiger partial charge in [-0.3, -0.25) is 0 Å². The Bertz CT molecular complexity index is 409. The van der Waals surface area contributed by atoms with Crippen molar-refractivity contribution in [3.8, 4) is 0 Å². The summed E-state index contributed by atoms with van der Waals surface area (Å²) in [5.74, 6) is 0.163. The smallest absolute Gasteiger partial charge is 0.130 e. The lowest BCUT2D eigenvalue weighted by molar-refractivity contribution is 0.442. The van der Waals surface area contributed by atoms with Gasteiger partial charge in [0.1, 0.15) is 5.76 Å². The summed E-state index contributed by atoms with van der Waals surface area (Å²) in [4.78, 5) is 0.451. The first-order chi connectivity index (χ1) is 6.20. The van der Waals surface area contributed by atoms with Crippen LogP contribution in [0.2, 0.25) is 5.02 Å². The summed E-state index contributed by atoms with van der Waals surface area (Å²) in [6, 6.07) is 5.64. The van der Waals surface area contributed by atoms with E-state index >= 15 is 0 Å². The van der Waals surface area contributed by atoms with Crippen molar-refractivity contribution < 1.29 is 5.11 Å². The number of aliphatic hydroxyl groups excluding tert-OH is 1. The molecule has 0 aliphatic heterocycles. The highest BCUT2D eigenvalue weighted by Crippen LogP contribution is 2.27. The maximum absolute atomic E-state index is 9.41. The van der Waals surface area contributed by atoms with Crippen molar-refractivity contribution in [2.45, 2.75) is 6.42 Å². The van der Waals surface area contributed by atoms with Crippen molar-refractivity contribution in [2.75, 3.05) is 0 Å². The van der Waals surface area contributed by atoms with Gasteiger partial charge in [0.05, 0.1) is 4.86 Å². The number of aliphatic hydroxyl groups is 1. The van der Waals surface area contributed by atoms with Gasteiger partial charge < -0.3 is 5.11 Å². The molecule has 0 radical (unpaired) electrons. The SMILES string of the molecule is OC1=CCc2cccc(Cl)c2C1=S. The van der Waals surface area contributed by atoms with Crippen LogP contribution in [0.3, 0.4) is 0 Å². The summed E-state index contributed by atoms with van der Waals surface area (Å²) in [5, 5.41) is 10.0. The molecule has 0 aromatic heterocycles. The standard InChI is InChI=1S/C10H7ClOS/c11-7-3-1-2-6-4-5-8(12)10(13)9(6)7/h1-3,5,12H,4H2. The molecule has 1 aliphatic carbocycles. The van der Waals surface area contributed by atoms with E-state index in [0.717, 1.165) is 11.1 Å². The number of thiocarbonyl (C=S) groups is 1. The monoisotopic (exact) mass is 210 g/mol. The fourth-order valence-corrected chi connectivity index (χ4v) is 2.09. The second-order valence-corrected chi connectivity index (χ2v) is 3.71. The summed E-state index contributed by atoms with van der Waals surface area (Å²) in [6.45, 7) is 0. The summed E-state index contributed by atoms with van der Waals surface area (Å²) in [5.41, 5.74) is 1.88. The number of benzene rings is 1. The number of hydrogen-bond donors (Lipinski definition) is 1. The minimum Gasteiger partial charge on any atom is -0.507 e. The zero-order valence-electron chi connectivity index (χ0n) is 6.75. The molecule has 1 nitrogen and oxygen atoms in total. The van der Waals surface area contributed by atoms with Gasteiger partial charge in [0, 0.05) is 10.6 Å². The molecule has 0 atom stereocenters. The Labute approximate surface area is 86.7 Å². The highest BCUT2D eigenvalue weighted by atomic mass is 35.5. The third-order valence-corrected chi connectivity index (χ3v) is 2.80. The van der Waals surface area contributed by atoms with E-state index in [9.17, 15) is 5.11 Å². The molecule has 0 fully saturated rings. The molecular weight excluding hydrogens is 204 g/mol. The molecule has 66 valence electrons. The summed E-state index contributed by atoms with van der Waals surface area (Å²) < 4.78 is 0. The van der Waals surface area contributed by atoms with Crippen LogP contribution in [-0.4, -0.2) is 9.97 Å². The van der Waals surface area contributed by atoms with Crippen LogP contribution >= 0.6 is 23.8 Å². The van der Waals surface area contributed by atoms with Crippen LogP contribution in [0.15, 0.2) is 30.0 Å². The number of allylic oxidation sites excluding steroid dienone is 2. The minimum atomic E-state index is 0.163. The molecule has 2 rings (SSSR count). The molecule has 0 spiro atoms. The van der Waals surface area contributed by atoms with E-state index in [4.69, 9.17) is 23.8 Å². The Hall–Kier alpha value is -0.860. The molecule has 1 aromatic carbocycles. The maximum Gasteiger partial charge on any atom is 0.130 e. The summed E-state index contributed by atoms with van der Waals surface area (Å²) in [6.07, 6.45) is 2.41. The van der Waals surface area contributed by atoms with E-state index in [1.54, 1.807) is 12.1 Å². The van der Waals surface area contributed by atoms with E-state index in [2.05, 4.69) is 0 Å². The number of fused-ring (bicyclic) bond motifs is 1. The quantitative estimate of drug-likeness (QED) is 0.665. The molecule has 13 heavy (non-hydrogen) atoms. The first kappa shape index (κ1) is 8.73. The van der Waals surface area contributed by atoms with E-state index in [-0.39, 0.29) is 5.76 Å². The van der Waals surface area contributed by atoms with Gasteiger partial charge in [-0.05, 0) is 24.1 Å². The predicted octanol–water partition coefficient (Wildman–Crippen LogP) is 3.06. The first-order valence-corrected chi connectivity index (χ1v) is 4.70. The largest absolute Gasteiger partial charge is 0.507 e. The van der Waals surface area contributed by atoms with E-state index in [0.29, 0.717) is 16.3 Å². The van der Waals surface area contributed by atoms with Crippen molar-refractivity contribution in [2.24, 2.45) is 0 Å². The van der Waals surface area contributed by atoms with Crippen LogP contribution < -0.4 is 0 Å². The average Bonchev–Trinajstić information content (AvgIpc) is 2.12. The molecular formula is C10H7ClOS. The topological polar surface area (TPSA) is 20.2 Å². The highest BCUT2D eigenvalue weighted by Gasteiger charge is 2.18. The van der Waals surface area contributed by atoms with Gasteiger partial charge in [-0.25, -0.2) is 0 Å². The van der Waals surface area contributed by atoms with Gasteiger partial charge in [0.2, 0.25) is 0 Å². The molecule has 1 aromatic rings. The van der Waals surface area contributed by atoms with Crippen molar-refractivity contribution in [3.05, 3.63) is 46.2 Å². The molecule has 0 saturated carbocycles. The highest BCUT2D eigenvalue weighted by molar-refractivity contribution is 7.81. The summed E-state index contributed by atoms with van der Waals surface area (Å²) >= 11 is 11.0. The lowest BCUT2D eigenvalue weighted by Gasteiger charge is -2.15. The molecule has 3 heteroatoms. The molecule has 0 unspecified atom stereocenters. The third-order valence-electron chi connectivity index (χ3n) is 2.07. The maximum atomic E-state index is 9.41. The lowest BCUT2D eigenvalue weighted by Crippen LogP contribution is -2.11. The van der Waals surface area contributed by atoms with Gasteiger partial charge in [0.25, 0.3) is 0 Å². The Balaban J connectivity index is 2.64. The normalized spacial score (nSPS) is 15.2. The van der Waals surface area contributed by atoms with Crippen molar-refractivity contribution >= 4 is 28.7 Å². The van der Waals surface area contributed by atoms with Crippen molar-refractivity contribution in [1.29, 1.82) is 0 Å². The zero-order chi connectivity index (χ0) is 9.42. The van der Waals surface area contributed by atoms with Crippen molar-refractivity contribution in [1.82, 2.24) is 0 Å². The second-order valence-electron chi connectivity index (χ2n) is 2.90. The molecule has 0 bridgehead atoms. The van der Waals surface area contributed by atoms with Gasteiger partial charge in [-0.15, -0.1) is 0 Å². The van der Waals surface area contributed by atoms with E-state index in [1.165, 1.54) is 0 Å². The molecule has 0 saturated heterocycles. The number of rotatable bonds is 0. The van der Waals surface area contributed by atoms with Crippen LogP contribution in [0.1, 0.15) is 11.1 Å². The van der Waals surface area contributed by atoms with Gasteiger partial charge in [-0.1, -0.05) is 36.0 Å². The molecule has 0 heterocycles. The number of hydrogen-bond acceptors (Lipinski definition) is 2. The van der Waals surface area contributed by atoms with Crippen LogP contribution in [0.25, 0.3) is 0 Å². The Morgan fingerprint density at radius 2 is 2.15 bits per heavy atom. The second kappa shape index (κ2) is 3.13.